The summed E-state index contributed by atoms with van der Waals surface area (Å²) >= 11 is 1.67. The third-order valence-corrected chi connectivity index (χ3v) is 4.60. The van der Waals surface area contributed by atoms with E-state index >= 15 is 0 Å². The molecule has 1 aliphatic heterocycles. The summed E-state index contributed by atoms with van der Waals surface area (Å²) in [6.45, 7) is 1.64. The summed E-state index contributed by atoms with van der Waals surface area (Å²) in [6.07, 6.45) is 4.87. The van der Waals surface area contributed by atoms with Gasteiger partial charge in [0.25, 0.3) is 5.91 Å². The number of amides is 2. The highest BCUT2D eigenvalue weighted by molar-refractivity contribution is 7.98. The van der Waals surface area contributed by atoms with E-state index in [0.717, 1.165) is 25.1 Å². The second kappa shape index (κ2) is 11.3. The van der Waals surface area contributed by atoms with Crippen LogP contribution in [0.25, 0.3) is 0 Å². The molecule has 1 aromatic carbocycles. The van der Waals surface area contributed by atoms with Crippen LogP contribution in [0.15, 0.2) is 30.3 Å². The van der Waals surface area contributed by atoms with Gasteiger partial charge < -0.3 is 16.0 Å². The van der Waals surface area contributed by atoms with Crippen LogP contribution < -0.4 is 16.0 Å². The number of hydrogen-bond acceptors (Lipinski definition) is 4. The van der Waals surface area contributed by atoms with Crippen LogP contribution in [0.2, 0.25) is 0 Å². The zero-order valence-electron chi connectivity index (χ0n) is 13.9. The Morgan fingerprint density at radius 3 is 2.71 bits per heavy atom. The first-order chi connectivity index (χ1) is 11.2. The van der Waals surface area contributed by atoms with E-state index in [1.807, 2.05) is 24.5 Å². The van der Waals surface area contributed by atoms with Crippen molar-refractivity contribution in [2.24, 2.45) is 0 Å². The van der Waals surface area contributed by atoms with Gasteiger partial charge in [-0.2, -0.15) is 11.8 Å². The van der Waals surface area contributed by atoms with Crippen LogP contribution in [0.4, 0.5) is 0 Å². The molecule has 0 spiro atoms. The molecule has 7 heteroatoms. The third-order valence-electron chi connectivity index (χ3n) is 3.95. The lowest BCUT2D eigenvalue weighted by molar-refractivity contribution is -0.123. The lowest BCUT2D eigenvalue weighted by atomic mass is 10.1. The van der Waals surface area contributed by atoms with Gasteiger partial charge in [0.05, 0.1) is 0 Å². The molecule has 0 bridgehead atoms. The molecule has 3 N–H and O–H groups in total. The predicted octanol–water partition coefficient (Wildman–Crippen LogP) is 1.83. The van der Waals surface area contributed by atoms with Gasteiger partial charge >= 0.3 is 0 Å². The van der Waals surface area contributed by atoms with Crippen molar-refractivity contribution < 1.29 is 9.59 Å². The number of hydrogen-bond donors (Lipinski definition) is 3. The quantitative estimate of drug-likeness (QED) is 0.652. The lowest BCUT2D eigenvalue weighted by Gasteiger charge is -2.19. The van der Waals surface area contributed by atoms with Crippen LogP contribution in [-0.4, -0.2) is 49.0 Å². The van der Waals surface area contributed by atoms with E-state index in [0.29, 0.717) is 24.6 Å². The molecule has 1 fully saturated rings. The molecule has 1 heterocycles. The van der Waals surface area contributed by atoms with Crippen molar-refractivity contribution in [1.82, 2.24) is 16.0 Å². The summed E-state index contributed by atoms with van der Waals surface area (Å²) in [5.41, 5.74) is 0.576. The second-order valence-corrected chi connectivity index (χ2v) is 6.70. The van der Waals surface area contributed by atoms with Crippen LogP contribution in [-0.2, 0) is 4.79 Å². The van der Waals surface area contributed by atoms with Gasteiger partial charge in [0, 0.05) is 18.2 Å². The number of carbonyl (C=O) groups excluding carboxylic acids is 2. The van der Waals surface area contributed by atoms with Crippen molar-refractivity contribution in [2.45, 2.75) is 31.3 Å². The van der Waals surface area contributed by atoms with E-state index in [4.69, 9.17) is 0 Å². The van der Waals surface area contributed by atoms with E-state index < -0.39 is 6.04 Å². The zero-order valence-corrected chi connectivity index (χ0v) is 15.6. The fourth-order valence-electron chi connectivity index (χ4n) is 2.61. The minimum Gasteiger partial charge on any atom is -0.353 e. The molecule has 2 rings (SSSR count). The average Bonchev–Trinajstić information content (AvgIpc) is 3.10. The third kappa shape index (κ3) is 6.71. The summed E-state index contributed by atoms with van der Waals surface area (Å²) < 4.78 is 0. The summed E-state index contributed by atoms with van der Waals surface area (Å²) in [7, 11) is 0. The van der Waals surface area contributed by atoms with E-state index in [1.54, 1.807) is 23.9 Å². The van der Waals surface area contributed by atoms with Gasteiger partial charge in [-0.3, -0.25) is 9.59 Å². The Hall–Kier alpha value is -1.24. The Labute approximate surface area is 154 Å². The first-order valence-corrected chi connectivity index (χ1v) is 9.46. The largest absolute Gasteiger partial charge is 0.353 e. The molecule has 1 saturated heterocycles. The minimum absolute atomic E-state index is 0. The average molecular weight is 372 g/mol. The van der Waals surface area contributed by atoms with E-state index in [2.05, 4.69) is 16.0 Å². The Bertz CT molecular complexity index is 510. The highest BCUT2D eigenvalue weighted by Gasteiger charge is 2.22. The number of benzene rings is 1. The first kappa shape index (κ1) is 20.8. The highest BCUT2D eigenvalue weighted by Crippen LogP contribution is 2.06. The van der Waals surface area contributed by atoms with Gasteiger partial charge in [-0.25, -0.2) is 0 Å². The number of carbonyl (C=O) groups is 2. The minimum atomic E-state index is -0.489. The van der Waals surface area contributed by atoms with Gasteiger partial charge in [-0.1, -0.05) is 18.2 Å². The monoisotopic (exact) mass is 371 g/mol. The van der Waals surface area contributed by atoms with Crippen molar-refractivity contribution in [3.63, 3.8) is 0 Å². The summed E-state index contributed by atoms with van der Waals surface area (Å²) in [5, 5.41) is 9.18. The van der Waals surface area contributed by atoms with E-state index in [-0.39, 0.29) is 24.2 Å². The molecule has 2 amide bonds. The molecule has 24 heavy (non-hydrogen) atoms. The van der Waals surface area contributed by atoms with Crippen molar-refractivity contribution >= 4 is 36.0 Å². The molecule has 2 unspecified atom stereocenters. The molecule has 0 saturated carbocycles. The van der Waals surface area contributed by atoms with Crippen LogP contribution in [0.5, 0.6) is 0 Å². The van der Waals surface area contributed by atoms with Gasteiger partial charge in [0.1, 0.15) is 6.04 Å². The topological polar surface area (TPSA) is 70.2 Å². The molecule has 1 aromatic rings. The van der Waals surface area contributed by atoms with Crippen LogP contribution in [0, 0.1) is 0 Å². The van der Waals surface area contributed by atoms with E-state index in [9.17, 15) is 9.59 Å². The molecule has 134 valence electrons. The number of halogens is 1. The van der Waals surface area contributed by atoms with Crippen molar-refractivity contribution in [1.29, 1.82) is 0 Å². The van der Waals surface area contributed by atoms with Crippen LogP contribution >= 0.6 is 24.2 Å². The molecule has 5 nitrogen and oxygen atoms in total. The molecule has 0 aromatic heterocycles. The van der Waals surface area contributed by atoms with Crippen molar-refractivity contribution in [3.05, 3.63) is 35.9 Å². The zero-order chi connectivity index (χ0) is 16.5. The Morgan fingerprint density at radius 2 is 2.08 bits per heavy atom. The van der Waals surface area contributed by atoms with Gasteiger partial charge in [0.15, 0.2) is 0 Å². The SMILES string of the molecule is CSCCC(NC(=O)c1ccccc1)C(=O)NCC1CCCN1.Cl. The maximum atomic E-state index is 12.4. The fraction of sp³-hybridized carbons (Fsp3) is 0.529. The second-order valence-electron chi connectivity index (χ2n) is 5.71. The summed E-state index contributed by atoms with van der Waals surface area (Å²) in [6, 6.07) is 8.86. The number of rotatable bonds is 8. The standard InChI is InChI=1S/C17H25N3O2S.ClH/c1-23-11-9-15(17(22)19-12-14-8-5-10-18-14)20-16(21)13-6-3-2-4-7-13;/h2-4,6-7,14-15,18H,5,8-12H2,1H3,(H,19,22)(H,20,21);1H. The van der Waals surface area contributed by atoms with Gasteiger partial charge in [-0.15, -0.1) is 12.4 Å². The Kier molecular flexibility index (Phi) is 9.83. The highest BCUT2D eigenvalue weighted by atomic mass is 35.5. The van der Waals surface area contributed by atoms with Gasteiger partial charge in [0.2, 0.25) is 5.91 Å². The normalized spacial score (nSPS) is 17.6. The fourth-order valence-corrected chi connectivity index (χ4v) is 3.08. The molecule has 0 aliphatic carbocycles. The maximum absolute atomic E-state index is 12.4. The predicted molar refractivity (Wildman–Crippen MR) is 102 cm³/mol. The Morgan fingerprint density at radius 1 is 1.33 bits per heavy atom. The lowest BCUT2D eigenvalue weighted by Crippen LogP contribution is -2.49. The summed E-state index contributed by atoms with van der Waals surface area (Å²) in [4.78, 5) is 24.7. The van der Waals surface area contributed by atoms with Crippen LogP contribution in [0.1, 0.15) is 29.6 Å². The van der Waals surface area contributed by atoms with Crippen molar-refractivity contribution in [3.8, 4) is 0 Å². The maximum Gasteiger partial charge on any atom is 0.251 e. The molecule has 0 radical (unpaired) electrons. The van der Waals surface area contributed by atoms with Crippen molar-refractivity contribution in [2.75, 3.05) is 25.1 Å². The molecule has 1 aliphatic rings. The molecular weight excluding hydrogens is 346 g/mol. The number of thioether (sulfide) groups is 1. The first-order valence-electron chi connectivity index (χ1n) is 8.06. The number of nitrogens with one attached hydrogen (secondary N) is 3. The van der Waals surface area contributed by atoms with Crippen LogP contribution in [0.3, 0.4) is 0 Å². The molecular formula is C17H26ClN3O2S. The summed E-state index contributed by atoms with van der Waals surface area (Å²) in [5.74, 6) is 0.525. The van der Waals surface area contributed by atoms with Gasteiger partial charge in [-0.05, 0) is 49.9 Å². The smallest absolute Gasteiger partial charge is 0.251 e. The molecule has 2 atom stereocenters. The Balaban J connectivity index is 0.00000288. The van der Waals surface area contributed by atoms with E-state index in [1.165, 1.54) is 0 Å².